The van der Waals surface area contributed by atoms with Crippen molar-refractivity contribution in [3.05, 3.63) is 0 Å². The largest absolute Gasteiger partial charge is 0.469 e. The number of rotatable bonds is 7. The molecule has 0 N–H and O–H groups in total. The maximum absolute atomic E-state index is 10.9. The number of methoxy groups -OCH3 is 2. The van der Waals surface area contributed by atoms with Crippen LogP contribution >= 0.6 is 11.8 Å². The Balaban J connectivity index is 3.25. The van der Waals surface area contributed by atoms with Gasteiger partial charge < -0.3 is 9.47 Å². The molecule has 0 heterocycles. The molecule has 0 bridgehead atoms. The average molecular weight is 206 g/mol. The predicted molar refractivity (Wildman–Crippen MR) is 50.8 cm³/mol. The van der Waals surface area contributed by atoms with Gasteiger partial charge in [0.25, 0.3) is 0 Å². The van der Waals surface area contributed by atoms with Crippen LogP contribution in [0.15, 0.2) is 0 Å². The Bertz CT molecular complexity index is 170. The van der Waals surface area contributed by atoms with E-state index in [2.05, 4.69) is 9.47 Å². The van der Waals surface area contributed by atoms with E-state index in [1.807, 2.05) is 0 Å². The first-order valence-electron chi connectivity index (χ1n) is 3.86. The van der Waals surface area contributed by atoms with Gasteiger partial charge in [-0.3, -0.25) is 9.59 Å². The Hall–Kier alpha value is -0.550. The predicted octanol–water partition coefficient (Wildman–Crippen LogP) is 0.498. The van der Waals surface area contributed by atoms with Gasteiger partial charge in [0.1, 0.15) is 6.61 Å². The molecule has 0 fully saturated rings. The average Bonchev–Trinajstić information content (AvgIpc) is 2.12. The second kappa shape index (κ2) is 8.07. The van der Waals surface area contributed by atoms with Crippen molar-refractivity contribution in [1.82, 2.24) is 0 Å². The summed E-state index contributed by atoms with van der Waals surface area (Å²) in [5, 5.41) is 0. The lowest BCUT2D eigenvalue weighted by atomic mass is 10.5. The molecule has 0 spiro atoms. The molecule has 0 amide bonds. The summed E-state index contributed by atoms with van der Waals surface area (Å²) >= 11 is 1.41. The monoisotopic (exact) mass is 206 g/mol. The third-order valence-corrected chi connectivity index (χ3v) is 2.27. The van der Waals surface area contributed by atoms with Gasteiger partial charge in [-0.15, -0.1) is 0 Å². The highest BCUT2D eigenvalue weighted by atomic mass is 32.2. The highest BCUT2D eigenvalue weighted by Crippen LogP contribution is 2.03. The number of ketones is 1. The number of ether oxygens (including phenoxy) is 2. The highest BCUT2D eigenvalue weighted by molar-refractivity contribution is 7.99. The quantitative estimate of drug-likeness (QED) is 0.448. The van der Waals surface area contributed by atoms with E-state index in [1.165, 1.54) is 26.0 Å². The number of carbonyl (C=O) groups excluding carboxylic acids is 2. The lowest BCUT2D eigenvalue weighted by molar-refractivity contribution is -0.140. The molecule has 0 atom stereocenters. The lowest BCUT2D eigenvalue weighted by Crippen LogP contribution is -2.10. The molecule has 0 saturated carbocycles. The Morgan fingerprint density at radius 3 is 2.54 bits per heavy atom. The first-order chi connectivity index (χ1) is 6.20. The second-order valence-electron chi connectivity index (χ2n) is 2.35. The summed E-state index contributed by atoms with van der Waals surface area (Å²) in [6.45, 7) is 0.144. The standard InChI is InChI=1S/C8H14O4S/c1-11-5-7(9)6-13-4-3-8(10)12-2/h3-6H2,1-2H3. The van der Waals surface area contributed by atoms with Crippen LogP contribution in [0.3, 0.4) is 0 Å². The molecule has 0 aromatic rings. The Kier molecular flexibility index (Phi) is 7.73. The van der Waals surface area contributed by atoms with E-state index in [-0.39, 0.29) is 18.4 Å². The van der Waals surface area contributed by atoms with Gasteiger partial charge in [0, 0.05) is 12.9 Å². The Labute approximate surface area is 82.0 Å². The van der Waals surface area contributed by atoms with Crippen molar-refractivity contribution >= 4 is 23.5 Å². The fourth-order valence-electron chi connectivity index (χ4n) is 0.646. The highest BCUT2D eigenvalue weighted by Gasteiger charge is 2.03. The first kappa shape index (κ1) is 12.4. The number of carbonyl (C=O) groups is 2. The molecule has 76 valence electrons. The van der Waals surface area contributed by atoms with Crippen molar-refractivity contribution in [2.45, 2.75) is 6.42 Å². The van der Waals surface area contributed by atoms with Gasteiger partial charge in [-0.2, -0.15) is 11.8 Å². The topological polar surface area (TPSA) is 52.6 Å². The van der Waals surface area contributed by atoms with Gasteiger partial charge in [0.15, 0.2) is 5.78 Å². The number of hydrogen-bond donors (Lipinski definition) is 0. The summed E-state index contributed by atoms with van der Waals surface area (Å²) in [4.78, 5) is 21.5. The van der Waals surface area contributed by atoms with Crippen molar-refractivity contribution in [3.63, 3.8) is 0 Å². The van der Waals surface area contributed by atoms with E-state index >= 15 is 0 Å². The second-order valence-corrected chi connectivity index (χ2v) is 3.46. The van der Waals surface area contributed by atoms with Crippen molar-refractivity contribution in [3.8, 4) is 0 Å². The van der Waals surface area contributed by atoms with Gasteiger partial charge in [-0.05, 0) is 0 Å². The summed E-state index contributed by atoms with van der Waals surface area (Å²) in [7, 11) is 2.83. The van der Waals surface area contributed by atoms with Crippen LogP contribution in [0.1, 0.15) is 6.42 Å². The zero-order chi connectivity index (χ0) is 10.1. The molecule has 0 aromatic carbocycles. The number of thioether (sulfide) groups is 1. The van der Waals surface area contributed by atoms with E-state index in [0.717, 1.165) is 0 Å². The van der Waals surface area contributed by atoms with Crippen LogP contribution in [0.4, 0.5) is 0 Å². The molecular formula is C8H14O4S. The van der Waals surface area contributed by atoms with E-state index in [4.69, 9.17) is 0 Å². The summed E-state index contributed by atoms with van der Waals surface area (Å²) in [5.41, 5.74) is 0. The summed E-state index contributed by atoms with van der Waals surface area (Å²) in [6.07, 6.45) is 0.349. The molecule has 0 aromatic heterocycles. The fraction of sp³-hybridized carbons (Fsp3) is 0.750. The zero-order valence-electron chi connectivity index (χ0n) is 7.87. The van der Waals surface area contributed by atoms with Crippen LogP contribution in [-0.2, 0) is 19.1 Å². The van der Waals surface area contributed by atoms with E-state index in [0.29, 0.717) is 17.9 Å². The normalized spacial score (nSPS) is 9.69. The maximum Gasteiger partial charge on any atom is 0.306 e. The van der Waals surface area contributed by atoms with E-state index in [9.17, 15) is 9.59 Å². The van der Waals surface area contributed by atoms with E-state index in [1.54, 1.807) is 0 Å². The maximum atomic E-state index is 10.9. The fourth-order valence-corrected chi connectivity index (χ4v) is 1.41. The van der Waals surface area contributed by atoms with Crippen LogP contribution in [0, 0.1) is 0 Å². The third kappa shape index (κ3) is 7.80. The Morgan fingerprint density at radius 1 is 1.31 bits per heavy atom. The van der Waals surface area contributed by atoms with Crippen molar-refractivity contribution in [1.29, 1.82) is 0 Å². The minimum absolute atomic E-state index is 0.0392. The summed E-state index contributed by atoms with van der Waals surface area (Å²) < 4.78 is 9.09. The van der Waals surface area contributed by atoms with Crippen LogP contribution in [0.25, 0.3) is 0 Å². The van der Waals surface area contributed by atoms with Gasteiger partial charge in [0.05, 0.1) is 19.3 Å². The van der Waals surface area contributed by atoms with E-state index < -0.39 is 0 Å². The van der Waals surface area contributed by atoms with Crippen molar-refractivity contribution < 1.29 is 19.1 Å². The van der Waals surface area contributed by atoms with Crippen LogP contribution in [-0.4, -0.2) is 44.1 Å². The van der Waals surface area contributed by atoms with Crippen LogP contribution in [0.5, 0.6) is 0 Å². The molecule has 0 aliphatic rings. The van der Waals surface area contributed by atoms with Crippen LogP contribution in [0.2, 0.25) is 0 Å². The smallest absolute Gasteiger partial charge is 0.306 e. The number of Topliss-reactive ketones (excluding diaryl/α,β-unsaturated/α-hetero) is 1. The molecule has 0 rings (SSSR count). The minimum atomic E-state index is -0.244. The molecule has 4 nitrogen and oxygen atoms in total. The first-order valence-corrected chi connectivity index (χ1v) is 5.01. The molecule has 0 saturated heterocycles. The van der Waals surface area contributed by atoms with Gasteiger partial charge in [-0.1, -0.05) is 0 Å². The van der Waals surface area contributed by atoms with Gasteiger partial charge in [0.2, 0.25) is 0 Å². The summed E-state index contributed by atoms with van der Waals surface area (Å²) in [6, 6.07) is 0. The molecule has 0 aliphatic heterocycles. The SMILES string of the molecule is COCC(=O)CSCCC(=O)OC. The minimum Gasteiger partial charge on any atom is -0.469 e. The van der Waals surface area contributed by atoms with Crippen molar-refractivity contribution in [2.24, 2.45) is 0 Å². The Morgan fingerprint density at radius 2 is 2.00 bits per heavy atom. The van der Waals surface area contributed by atoms with Crippen molar-refractivity contribution in [2.75, 3.05) is 32.3 Å². The zero-order valence-corrected chi connectivity index (χ0v) is 8.69. The molecule has 0 unspecified atom stereocenters. The van der Waals surface area contributed by atoms with Crippen LogP contribution < -0.4 is 0 Å². The molecular weight excluding hydrogens is 192 g/mol. The number of hydrogen-bond acceptors (Lipinski definition) is 5. The van der Waals surface area contributed by atoms with Gasteiger partial charge >= 0.3 is 5.97 Å². The molecule has 0 radical (unpaired) electrons. The third-order valence-electron chi connectivity index (χ3n) is 1.25. The molecule has 13 heavy (non-hydrogen) atoms. The summed E-state index contributed by atoms with van der Waals surface area (Å²) in [5.74, 6) is 0.802. The number of esters is 1. The molecule has 5 heteroatoms. The lowest BCUT2D eigenvalue weighted by Gasteiger charge is -1.99. The van der Waals surface area contributed by atoms with Gasteiger partial charge in [-0.25, -0.2) is 0 Å². The molecule has 0 aliphatic carbocycles.